The quantitative estimate of drug-likeness (QED) is 0.880. The Kier molecular flexibility index (Phi) is 5.30. The van der Waals surface area contributed by atoms with Gasteiger partial charge in [0.1, 0.15) is 5.75 Å². The van der Waals surface area contributed by atoms with Gasteiger partial charge in [0.15, 0.2) is 0 Å². The molecule has 112 valence electrons. The van der Waals surface area contributed by atoms with Crippen molar-refractivity contribution < 1.29 is 5.11 Å². The molecule has 2 rings (SSSR count). The lowest BCUT2D eigenvalue weighted by Crippen LogP contribution is -2.24. The topological polar surface area (TPSA) is 35.5 Å². The highest BCUT2D eigenvalue weighted by molar-refractivity contribution is 5.54. The van der Waals surface area contributed by atoms with Crippen LogP contribution < -0.4 is 10.2 Å². The van der Waals surface area contributed by atoms with Crippen LogP contribution in [0, 0.1) is 5.92 Å². The number of aromatic hydroxyl groups is 1. The highest BCUT2D eigenvalue weighted by atomic mass is 16.3. The molecule has 1 aliphatic heterocycles. The number of rotatable bonds is 4. The number of anilines is 1. The van der Waals surface area contributed by atoms with Gasteiger partial charge in [0.25, 0.3) is 0 Å². The van der Waals surface area contributed by atoms with Crippen LogP contribution in [-0.2, 0) is 0 Å². The van der Waals surface area contributed by atoms with Gasteiger partial charge in [-0.25, -0.2) is 0 Å². The predicted octanol–water partition coefficient (Wildman–Crippen LogP) is 3.69. The van der Waals surface area contributed by atoms with Gasteiger partial charge in [-0.2, -0.15) is 0 Å². The summed E-state index contributed by atoms with van der Waals surface area (Å²) in [5.74, 6) is 1.23. The molecule has 0 amide bonds. The predicted molar refractivity (Wildman–Crippen MR) is 85.4 cm³/mol. The molecule has 1 aliphatic rings. The maximum Gasteiger partial charge on any atom is 0.122 e. The summed E-state index contributed by atoms with van der Waals surface area (Å²) in [6, 6.07) is 6.34. The first-order valence-electron chi connectivity index (χ1n) is 7.93. The molecule has 20 heavy (non-hydrogen) atoms. The van der Waals surface area contributed by atoms with Crippen molar-refractivity contribution in [2.45, 2.75) is 46.1 Å². The molecule has 2 unspecified atom stereocenters. The second kappa shape index (κ2) is 6.98. The third-order valence-corrected chi connectivity index (χ3v) is 4.37. The summed E-state index contributed by atoms with van der Waals surface area (Å²) in [5, 5.41) is 13.6. The van der Waals surface area contributed by atoms with Crippen molar-refractivity contribution in [1.82, 2.24) is 5.32 Å². The van der Waals surface area contributed by atoms with E-state index in [2.05, 4.69) is 43.1 Å². The minimum Gasteiger partial charge on any atom is -0.508 e. The van der Waals surface area contributed by atoms with Crippen LogP contribution in [0.2, 0.25) is 0 Å². The fraction of sp³-hybridized carbons (Fsp3) is 0.647. The Morgan fingerprint density at radius 1 is 1.35 bits per heavy atom. The molecule has 0 saturated carbocycles. The minimum atomic E-state index is 0.193. The van der Waals surface area contributed by atoms with E-state index in [1.165, 1.54) is 19.3 Å². The van der Waals surface area contributed by atoms with Gasteiger partial charge < -0.3 is 15.3 Å². The van der Waals surface area contributed by atoms with E-state index in [1.54, 1.807) is 0 Å². The van der Waals surface area contributed by atoms with Crippen molar-refractivity contribution in [2.24, 2.45) is 5.92 Å². The van der Waals surface area contributed by atoms with Gasteiger partial charge in [-0.1, -0.05) is 19.9 Å². The Morgan fingerprint density at radius 2 is 2.15 bits per heavy atom. The number of nitrogens with zero attached hydrogens (tertiary/aromatic N) is 1. The number of hydrogen-bond donors (Lipinski definition) is 2. The number of nitrogens with one attached hydrogen (secondary N) is 1. The molecule has 1 aromatic carbocycles. The summed E-state index contributed by atoms with van der Waals surface area (Å²) in [6.45, 7) is 9.62. The van der Waals surface area contributed by atoms with E-state index in [0.717, 1.165) is 36.8 Å². The molecular formula is C17H28N2O. The van der Waals surface area contributed by atoms with Crippen LogP contribution in [0.4, 0.5) is 5.69 Å². The molecule has 0 bridgehead atoms. The van der Waals surface area contributed by atoms with Crippen molar-refractivity contribution in [2.75, 3.05) is 24.5 Å². The van der Waals surface area contributed by atoms with Crippen LogP contribution in [0.15, 0.2) is 18.2 Å². The Balaban J connectivity index is 2.11. The van der Waals surface area contributed by atoms with Gasteiger partial charge >= 0.3 is 0 Å². The van der Waals surface area contributed by atoms with Crippen molar-refractivity contribution in [1.29, 1.82) is 0 Å². The van der Waals surface area contributed by atoms with Crippen LogP contribution in [-0.4, -0.2) is 24.7 Å². The zero-order chi connectivity index (χ0) is 14.5. The first-order chi connectivity index (χ1) is 9.61. The lowest BCUT2D eigenvalue weighted by molar-refractivity contribution is 0.454. The van der Waals surface area contributed by atoms with Gasteiger partial charge in [0, 0.05) is 36.4 Å². The highest BCUT2D eigenvalue weighted by Gasteiger charge is 2.16. The molecule has 2 atom stereocenters. The lowest BCUT2D eigenvalue weighted by Gasteiger charge is -2.24. The summed E-state index contributed by atoms with van der Waals surface area (Å²) in [4.78, 5) is 2.41. The Hall–Kier alpha value is -1.22. The average Bonchev–Trinajstić information content (AvgIpc) is 2.63. The van der Waals surface area contributed by atoms with Gasteiger partial charge in [-0.15, -0.1) is 0 Å². The maximum atomic E-state index is 10.3. The number of hydrogen-bond acceptors (Lipinski definition) is 3. The van der Waals surface area contributed by atoms with Crippen LogP contribution in [0.1, 0.15) is 51.6 Å². The average molecular weight is 276 g/mol. The summed E-state index contributed by atoms with van der Waals surface area (Å²) in [6.07, 6.45) is 3.81. The van der Waals surface area contributed by atoms with Crippen molar-refractivity contribution in [3.05, 3.63) is 23.8 Å². The summed E-state index contributed by atoms with van der Waals surface area (Å²) >= 11 is 0. The molecule has 2 N–H and O–H groups in total. The van der Waals surface area contributed by atoms with Gasteiger partial charge in [-0.3, -0.25) is 0 Å². The normalized spacial score (nSPS) is 21.6. The van der Waals surface area contributed by atoms with E-state index in [-0.39, 0.29) is 6.04 Å². The molecule has 1 fully saturated rings. The third-order valence-electron chi connectivity index (χ3n) is 4.37. The zero-order valence-corrected chi connectivity index (χ0v) is 13.0. The standard InChI is InChI=1S/C17H28N2O/c1-4-18-14(3)16-8-7-15(12-17(16)20)19-10-5-6-13(2)9-11-19/h7-8,12-14,18,20H,4-6,9-11H2,1-3H3. The Labute approximate surface area is 123 Å². The fourth-order valence-corrected chi connectivity index (χ4v) is 3.03. The second-order valence-electron chi connectivity index (χ2n) is 6.05. The monoisotopic (exact) mass is 276 g/mol. The van der Waals surface area contributed by atoms with E-state index in [9.17, 15) is 5.11 Å². The first-order valence-corrected chi connectivity index (χ1v) is 7.93. The summed E-state index contributed by atoms with van der Waals surface area (Å²) < 4.78 is 0. The number of phenols is 1. The van der Waals surface area contributed by atoms with E-state index < -0.39 is 0 Å². The molecule has 1 saturated heterocycles. The van der Waals surface area contributed by atoms with Gasteiger partial charge in [0.2, 0.25) is 0 Å². The van der Waals surface area contributed by atoms with Crippen LogP contribution >= 0.6 is 0 Å². The zero-order valence-electron chi connectivity index (χ0n) is 13.0. The number of phenolic OH excluding ortho intramolecular Hbond substituents is 1. The molecular weight excluding hydrogens is 248 g/mol. The van der Waals surface area contributed by atoms with Gasteiger partial charge in [0.05, 0.1) is 0 Å². The van der Waals surface area contributed by atoms with Gasteiger partial charge in [-0.05, 0) is 44.7 Å². The van der Waals surface area contributed by atoms with E-state index in [1.807, 2.05) is 6.07 Å². The third kappa shape index (κ3) is 3.66. The van der Waals surface area contributed by atoms with Crippen LogP contribution in [0.3, 0.4) is 0 Å². The number of benzene rings is 1. The Bertz CT molecular complexity index is 433. The molecule has 0 aliphatic carbocycles. The molecule has 1 aromatic rings. The molecule has 0 radical (unpaired) electrons. The van der Waals surface area contributed by atoms with Crippen molar-refractivity contribution in [3.8, 4) is 5.75 Å². The molecule has 3 nitrogen and oxygen atoms in total. The van der Waals surface area contributed by atoms with E-state index >= 15 is 0 Å². The van der Waals surface area contributed by atoms with E-state index in [0.29, 0.717) is 5.75 Å². The second-order valence-corrected chi connectivity index (χ2v) is 6.05. The summed E-state index contributed by atoms with van der Waals surface area (Å²) in [7, 11) is 0. The van der Waals surface area contributed by atoms with Crippen LogP contribution in [0.5, 0.6) is 5.75 Å². The molecule has 0 aromatic heterocycles. The van der Waals surface area contributed by atoms with Crippen molar-refractivity contribution >= 4 is 5.69 Å². The Morgan fingerprint density at radius 3 is 2.85 bits per heavy atom. The highest BCUT2D eigenvalue weighted by Crippen LogP contribution is 2.30. The largest absolute Gasteiger partial charge is 0.508 e. The smallest absolute Gasteiger partial charge is 0.122 e. The molecule has 3 heteroatoms. The van der Waals surface area contributed by atoms with Crippen molar-refractivity contribution in [3.63, 3.8) is 0 Å². The maximum absolute atomic E-state index is 10.3. The van der Waals surface area contributed by atoms with Crippen LogP contribution in [0.25, 0.3) is 0 Å². The molecule has 0 spiro atoms. The fourth-order valence-electron chi connectivity index (χ4n) is 3.03. The minimum absolute atomic E-state index is 0.193. The SMILES string of the molecule is CCNC(C)c1ccc(N2CCCC(C)CC2)cc1O. The van der Waals surface area contributed by atoms with E-state index in [4.69, 9.17) is 0 Å². The first kappa shape index (κ1) is 15.2. The molecule has 1 heterocycles. The lowest BCUT2D eigenvalue weighted by atomic mass is 10.0. The summed E-state index contributed by atoms with van der Waals surface area (Å²) in [5.41, 5.74) is 2.14.